The number of nitrogens with zero attached hydrogens (tertiary/aromatic N) is 2. The van der Waals surface area contributed by atoms with Crippen LogP contribution in [0.2, 0.25) is 5.15 Å². The fourth-order valence-corrected chi connectivity index (χ4v) is 3.37. The van der Waals surface area contributed by atoms with Crippen molar-refractivity contribution in [2.45, 2.75) is 26.7 Å². The van der Waals surface area contributed by atoms with Crippen LogP contribution in [-0.4, -0.2) is 28.0 Å². The summed E-state index contributed by atoms with van der Waals surface area (Å²) >= 11 is 8.10. The zero-order valence-electron chi connectivity index (χ0n) is 10.3. The van der Waals surface area contributed by atoms with E-state index in [4.69, 9.17) is 11.6 Å². The Labute approximate surface area is 112 Å². The van der Waals surface area contributed by atoms with Crippen molar-refractivity contribution in [2.24, 2.45) is 5.92 Å². The molecule has 3 nitrogen and oxygen atoms in total. The molecule has 0 saturated carbocycles. The Morgan fingerprint density at radius 2 is 2.00 bits per heavy atom. The molecule has 2 heterocycles. The van der Waals surface area contributed by atoms with Crippen LogP contribution >= 0.6 is 23.4 Å². The molecule has 0 amide bonds. The number of thioether (sulfide) groups is 1. The van der Waals surface area contributed by atoms with E-state index in [1.165, 1.54) is 24.3 Å². The van der Waals surface area contributed by atoms with E-state index in [2.05, 4.69) is 27.0 Å². The molecular weight excluding hydrogens is 254 g/mol. The maximum atomic E-state index is 6.05. The van der Waals surface area contributed by atoms with Crippen LogP contribution in [0.3, 0.4) is 0 Å². The largest absolute Gasteiger partial charge is 0.369 e. The zero-order chi connectivity index (χ0) is 12.3. The van der Waals surface area contributed by atoms with Gasteiger partial charge in [0.1, 0.15) is 16.8 Å². The molecule has 1 aromatic rings. The number of hydrogen-bond acceptors (Lipinski definition) is 4. The molecule has 0 atom stereocenters. The van der Waals surface area contributed by atoms with Gasteiger partial charge >= 0.3 is 0 Å². The summed E-state index contributed by atoms with van der Waals surface area (Å²) in [5, 5.41) is 3.97. The molecule has 0 aromatic carbocycles. The van der Waals surface area contributed by atoms with Crippen molar-refractivity contribution >= 4 is 29.2 Å². The van der Waals surface area contributed by atoms with E-state index < -0.39 is 0 Å². The maximum absolute atomic E-state index is 6.05. The SMILES string of the molecule is Cc1nc(Cl)c(C)c(NCC2CCSCC2)n1. The molecule has 1 aliphatic rings. The average Bonchev–Trinajstić information content (AvgIpc) is 2.33. The van der Waals surface area contributed by atoms with Crippen molar-refractivity contribution in [3.8, 4) is 0 Å². The van der Waals surface area contributed by atoms with E-state index in [9.17, 15) is 0 Å². The molecular formula is C12H18ClN3S. The Morgan fingerprint density at radius 1 is 1.29 bits per heavy atom. The average molecular weight is 272 g/mol. The van der Waals surface area contributed by atoms with Crippen LogP contribution in [0, 0.1) is 19.8 Å². The fourth-order valence-electron chi connectivity index (χ4n) is 1.96. The van der Waals surface area contributed by atoms with Crippen molar-refractivity contribution in [1.29, 1.82) is 0 Å². The first-order chi connectivity index (χ1) is 8.16. The van der Waals surface area contributed by atoms with Crippen molar-refractivity contribution in [3.05, 3.63) is 16.5 Å². The summed E-state index contributed by atoms with van der Waals surface area (Å²) in [6, 6.07) is 0. The van der Waals surface area contributed by atoms with Crippen LogP contribution in [-0.2, 0) is 0 Å². The summed E-state index contributed by atoms with van der Waals surface area (Å²) in [4.78, 5) is 8.55. The van der Waals surface area contributed by atoms with Gasteiger partial charge in [-0.05, 0) is 44.1 Å². The van der Waals surface area contributed by atoms with E-state index in [1.807, 2.05) is 13.8 Å². The molecule has 94 valence electrons. The molecule has 0 bridgehead atoms. The van der Waals surface area contributed by atoms with Gasteiger partial charge in [-0.2, -0.15) is 11.8 Å². The Morgan fingerprint density at radius 3 is 2.71 bits per heavy atom. The molecule has 2 rings (SSSR count). The molecule has 5 heteroatoms. The molecule has 1 saturated heterocycles. The van der Waals surface area contributed by atoms with Crippen LogP contribution in [0.5, 0.6) is 0 Å². The van der Waals surface area contributed by atoms with Crippen molar-refractivity contribution in [3.63, 3.8) is 0 Å². The minimum Gasteiger partial charge on any atom is -0.369 e. The first-order valence-electron chi connectivity index (χ1n) is 5.99. The predicted molar refractivity (Wildman–Crippen MR) is 75.1 cm³/mol. The molecule has 0 radical (unpaired) electrons. The Bertz CT molecular complexity index is 392. The molecule has 0 unspecified atom stereocenters. The molecule has 0 spiro atoms. The number of aryl methyl sites for hydroxylation is 1. The Balaban J connectivity index is 1.98. The summed E-state index contributed by atoms with van der Waals surface area (Å²) < 4.78 is 0. The molecule has 0 aliphatic carbocycles. The predicted octanol–water partition coefficient (Wildman–Crippen LogP) is 3.30. The third-order valence-corrected chi connectivity index (χ3v) is 4.51. The van der Waals surface area contributed by atoms with Gasteiger partial charge in [-0.1, -0.05) is 11.6 Å². The monoisotopic (exact) mass is 271 g/mol. The second-order valence-electron chi connectivity index (χ2n) is 4.47. The van der Waals surface area contributed by atoms with Crippen LogP contribution in [0.15, 0.2) is 0 Å². The minimum absolute atomic E-state index is 0.555. The third kappa shape index (κ3) is 3.49. The van der Waals surface area contributed by atoms with Crippen molar-refractivity contribution < 1.29 is 0 Å². The van der Waals surface area contributed by atoms with E-state index in [0.717, 1.165) is 29.7 Å². The van der Waals surface area contributed by atoms with Gasteiger partial charge in [0.05, 0.1) is 0 Å². The van der Waals surface area contributed by atoms with E-state index in [-0.39, 0.29) is 0 Å². The van der Waals surface area contributed by atoms with Crippen LogP contribution in [0.1, 0.15) is 24.2 Å². The van der Waals surface area contributed by atoms with Gasteiger partial charge in [0.25, 0.3) is 0 Å². The first kappa shape index (κ1) is 13.0. The summed E-state index contributed by atoms with van der Waals surface area (Å²) in [5.41, 5.74) is 0.947. The minimum atomic E-state index is 0.555. The van der Waals surface area contributed by atoms with E-state index in [1.54, 1.807) is 0 Å². The summed E-state index contributed by atoms with van der Waals surface area (Å²) in [6.45, 7) is 4.82. The van der Waals surface area contributed by atoms with Gasteiger partial charge in [0, 0.05) is 12.1 Å². The van der Waals surface area contributed by atoms with Gasteiger partial charge in [0.15, 0.2) is 0 Å². The van der Waals surface area contributed by atoms with Gasteiger partial charge in [-0.3, -0.25) is 0 Å². The van der Waals surface area contributed by atoms with Crippen LogP contribution in [0.25, 0.3) is 0 Å². The lowest BCUT2D eigenvalue weighted by Crippen LogP contribution is -2.20. The Hall–Kier alpha value is -0.480. The third-order valence-electron chi connectivity index (χ3n) is 3.10. The highest BCUT2D eigenvalue weighted by atomic mass is 35.5. The van der Waals surface area contributed by atoms with Crippen molar-refractivity contribution in [1.82, 2.24) is 9.97 Å². The normalized spacial score (nSPS) is 17.1. The Kier molecular flexibility index (Phi) is 4.51. The second-order valence-corrected chi connectivity index (χ2v) is 6.05. The lowest BCUT2D eigenvalue weighted by atomic mass is 10.0. The highest BCUT2D eigenvalue weighted by Gasteiger charge is 2.14. The number of rotatable bonds is 3. The van der Waals surface area contributed by atoms with E-state index in [0.29, 0.717) is 5.15 Å². The first-order valence-corrected chi connectivity index (χ1v) is 7.52. The van der Waals surface area contributed by atoms with Gasteiger partial charge in [-0.15, -0.1) is 0 Å². The fraction of sp³-hybridized carbons (Fsp3) is 0.667. The smallest absolute Gasteiger partial charge is 0.137 e. The highest BCUT2D eigenvalue weighted by Crippen LogP contribution is 2.24. The zero-order valence-corrected chi connectivity index (χ0v) is 11.9. The van der Waals surface area contributed by atoms with Gasteiger partial charge in [-0.25, -0.2) is 9.97 Å². The summed E-state index contributed by atoms with van der Waals surface area (Å²) in [5.74, 6) is 4.96. The number of hydrogen-bond donors (Lipinski definition) is 1. The van der Waals surface area contributed by atoms with Gasteiger partial charge < -0.3 is 5.32 Å². The molecule has 1 fully saturated rings. The number of anilines is 1. The quantitative estimate of drug-likeness (QED) is 0.856. The van der Waals surface area contributed by atoms with Crippen LogP contribution in [0.4, 0.5) is 5.82 Å². The molecule has 1 N–H and O–H groups in total. The summed E-state index contributed by atoms with van der Waals surface area (Å²) in [6.07, 6.45) is 2.60. The number of halogens is 1. The number of aromatic nitrogens is 2. The van der Waals surface area contributed by atoms with Crippen LogP contribution < -0.4 is 5.32 Å². The lowest BCUT2D eigenvalue weighted by Gasteiger charge is -2.22. The second kappa shape index (κ2) is 5.91. The maximum Gasteiger partial charge on any atom is 0.137 e. The molecule has 1 aromatic heterocycles. The molecule has 17 heavy (non-hydrogen) atoms. The number of nitrogens with one attached hydrogen (secondary N) is 1. The van der Waals surface area contributed by atoms with Crippen molar-refractivity contribution in [2.75, 3.05) is 23.4 Å². The topological polar surface area (TPSA) is 37.8 Å². The lowest BCUT2D eigenvalue weighted by molar-refractivity contribution is 0.515. The van der Waals surface area contributed by atoms with E-state index >= 15 is 0 Å². The van der Waals surface area contributed by atoms with Gasteiger partial charge in [0.2, 0.25) is 0 Å². The standard InChI is InChI=1S/C12H18ClN3S/c1-8-11(13)15-9(2)16-12(8)14-7-10-3-5-17-6-4-10/h10H,3-7H2,1-2H3,(H,14,15,16). The highest BCUT2D eigenvalue weighted by molar-refractivity contribution is 7.99. The summed E-state index contributed by atoms with van der Waals surface area (Å²) in [7, 11) is 0. The molecule has 1 aliphatic heterocycles.